The Morgan fingerprint density at radius 1 is 1.06 bits per heavy atom. The Balaban J connectivity index is 2.31. The van der Waals surface area contributed by atoms with Gasteiger partial charge >= 0.3 is 0 Å². The van der Waals surface area contributed by atoms with Gasteiger partial charge in [0, 0.05) is 21.6 Å². The van der Waals surface area contributed by atoms with Gasteiger partial charge < -0.3 is 0 Å². The molecule has 2 rings (SSSR count). The molecular formula is C11H5BrF3NS. The summed E-state index contributed by atoms with van der Waals surface area (Å²) in [5.41, 5.74) is 0. The van der Waals surface area contributed by atoms with Crippen LogP contribution in [0, 0.1) is 17.5 Å². The van der Waals surface area contributed by atoms with Crippen molar-refractivity contribution >= 4 is 27.7 Å². The lowest BCUT2D eigenvalue weighted by Crippen LogP contribution is -1.89. The van der Waals surface area contributed by atoms with E-state index in [-0.39, 0.29) is 9.92 Å². The summed E-state index contributed by atoms with van der Waals surface area (Å²) in [7, 11) is 0. The molecule has 1 nitrogen and oxygen atoms in total. The van der Waals surface area contributed by atoms with Crippen LogP contribution in [0.2, 0.25) is 0 Å². The van der Waals surface area contributed by atoms with Crippen LogP contribution in [-0.4, -0.2) is 4.98 Å². The highest BCUT2D eigenvalue weighted by molar-refractivity contribution is 9.10. The minimum absolute atomic E-state index is 0.0405. The summed E-state index contributed by atoms with van der Waals surface area (Å²) in [5, 5.41) is 0.0405. The van der Waals surface area contributed by atoms with Gasteiger partial charge in [-0.1, -0.05) is 11.8 Å². The van der Waals surface area contributed by atoms with Crippen molar-refractivity contribution in [2.45, 2.75) is 9.92 Å². The van der Waals surface area contributed by atoms with Crippen LogP contribution < -0.4 is 0 Å². The van der Waals surface area contributed by atoms with Gasteiger partial charge in [0.05, 0.1) is 0 Å². The molecule has 0 saturated carbocycles. The Labute approximate surface area is 108 Å². The molecule has 2 aromatic rings. The molecule has 0 N–H and O–H groups in total. The van der Waals surface area contributed by atoms with Crippen LogP contribution >= 0.6 is 27.7 Å². The Morgan fingerprint density at radius 3 is 2.47 bits per heavy atom. The monoisotopic (exact) mass is 319 g/mol. The topological polar surface area (TPSA) is 12.9 Å². The largest absolute Gasteiger partial charge is 0.245 e. The van der Waals surface area contributed by atoms with Crippen LogP contribution in [0.15, 0.2) is 44.9 Å². The quantitative estimate of drug-likeness (QED) is 0.813. The molecule has 0 unspecified atom stereocenters. The molecule has 1 heterocycles. The fraction of sp³-hybridized carbons (Fsp3) is 0. The van der Waals surface area contributed by atoms with Gasteiger partial charge in [-0.15, -0.1) is 0 Å². The number of benzene rings is 1. The summed E-state index contributed by atoms with van der Waals surface area (Å²) in [5.74, 6) is -1.97. The van der Waals surface area contributed by atoms with Crippen LogP contribution in [-0.2, 0) is 0 Å². The summed E-state index contributed by atoms with van der Waals surface area (Å²) >= 11 is 3.88. The maximum Gasteiger partial charge on any atom is 0.156 e. The van der Waals surface area contributed by atoms with Gasteiger partial charge in [-0.05, 0) is 34.1 Å². The van der Waals surface area contributed by atoms with E-state index in [2.05, 4.69) is 20.9 Å². The summed E-state index contributed by atoms with van der Waals surface area (Å²) in [6, 6.07) is 4.34. The Hall–Kier alpha value is -1.01. The van der Waals surface area contributed by atoms with Gasteiger partial charge in [-0.3, -0.25) is 0 Å². The highest BCUT2D eigenvalue weighted by Crippen LogP contribution is 2.31. The van der Waals surface area contributed by atoms with Gasteiger partial charge in [0.1, 0.15) is 16.7 Å². The highest BCUT2D eigenvalue weighted by atomic mass is 79.9. The van der Waals surface area contributed by atoms with E-state index < -0.39 is 17.5 Å². The molecule has 0 atom stereocenters. The van der Waals surface area contributed by atoms with Crippen LogP contribution in [0.5, 0.6) is 0 Å². The predicted octanol–water partition coefficient (Wildman–Crippen LogP) is 4.41. The van der Waals surface area contributed by atoms with Crippen molar-refractivity contribution in [1.29, 1.82) is 0 Å². The number of hydrogen-bond donors (Lipinski definition) is 0. The van der Waals surface area contributed by atoms with E-state index in [1.165, 1.54) is 18.3 Å². The van der Waals surface area contributed by atoms with Crippen molar-refractivity contribution in [2.24, 2.45) is 0 Å². The minimum Gasteiger partial charge on any atom is -0.245 e. The van der Waals surface area contributed by atoms with Gasteiger partial charge in [0.25, 0.3) is 0 Å². The number of rotatable bonds is 2. The van der Waals surface area contributed by atoms with Crippen LogP contribution in [0.1, 0.15) is 0 Å². The molecule has 1 aromatic heterocycles. The maximum atomic E-state index is 13.4. The minimum atomic E-state index is -0.737. The van der Waals surface area contributed by atoms with E-state index in [0.717, 1.165) is 23.9 Å². The molecule has 0 amide bonds. The van der Waals surface area contributed by atoms with E-state index in [1.54, 1.807) is 0 Å². The lowest BCUT2D eigenvalue weighted by atomic mass is 10.3. The number of nitrogens with zero attached hydrogens (tertiary/aromatic N) is 1. The van der Waals surface area contributed by atoms with Gasteiger partial charge in [-0.2, -0.15) is 0 Å². The summed E-state index contributed by atoms with van der Waals surface area (Å²) in [4.78, 5) is 3.94. The lowest BCUT2D eigenvalue weighted by Gasteiger charge is -2.03. The third kappa shape index (κ3) is 3.01. The van der Waals surface area contributed by atoms with Crippen molar-refractivity contribution in [1.82, 2.24) is 4.98 Å². The Bertz CT molecular complexity index is 513. The van der Waals surface area contributed by atoms with Crippen molar-refractivity contribution in [3.63, 3.8) is 0 Å². The van der Waals surface area contributed by atoms with E-state index in [9.17, 15) is 13.2 Å². The molecule has 0 bridgehead atoms. The fourth-order valence-electron chi connectivity index (χ4n) is 1.14. The zero-order valence-corrected chi connectivity index (χ0v) is 10.7. The van der Waals surface area contributed by atoms with Crippen LogP contribution in [0.3, 0.4) is 0 Å². The van der Waals surface area contributed by atoms with E-state index in [1.807, 2.05) is 0 Å². The molecule has 6 heteroatoms. The van der Waals surface area contributed by atoms with E-state index in [4.69, 9.17) is 0 Å². The number of halogens is 4. The number of aromatic nitrogens is 1. The first-order valence-corrected chi connectivity index (χ1v) is 6.11. The van der Waals surface area contributed by atoms with Gasteiger partial charge in [0.15, 0.2) is 5.82 Å². The Morgan fingerprint density at radius 2 is 1.82 bits per heavy atom. The standard InChI is InChI=1S/C11H5BrF3NS/c12-6-3-9(15)11(16-5-6)17-10-2-1-7(13)4-8(10)14/h1-5H. The van der Waals surface area contributed by atoms with Gasteiger partial charge in [0.2, 0.25) is 0 Å². The van der Waals surface area contributed by atoms with Crippen molar-refractivity contribution in [3.8, 4) is 0 Å². The molecule has 88 valence electrons. The molecule has 0 radical (unpaired) electrons. The molecule has 1 aromatic carbocycles. The molecule has 0 aliphatic carbocycles. The van der Waals surface area contributed by atoms with E-state index in [0.29, 0.717) is 4.47 Å². The molecule has 0 spiro atoms. The summed E-state index contributed by atoms with van der Waals surface area (Å²) in [6.07, 6.45) is 1.41. The molecule has 0 saturated heterocycles. The zero-order valence-electron chi connectivity index (χ0n) is 8.25. The number of pyridine rings is 1. The summed E-state index contributed by atoms with van der Waals surface area (Å²) in [6.45, 7) is 0. The molecule has 0 fully saturated rings. The van der Waals surface area contributed by atoms with Crippen LogP contribution in [0.25, 0.3) is 0 Å². The Kier molecular flexibility index (Phi) is 3.73. The fourth-order valence-corrected chi connectivity index (χ4v) is 2.21. The van der Waals surface area contributed by atoms with E-state index >= 15 is 0 Å². The average Bonchev–Trinajstić information content (AvgIpc) is 2.25. The first-order chi connectivity index (χ1) is 8.06. The molecule has 0 aliphatic heterocycles. The predicted molar refractivity (Wildman–Crippen MR) is 62.4 cm³/mol. The van der Waals surface area contributed by atoms with Crippen LogP contribution in [0.4, 0.5) is 13.2 Å². The van der Waals surface area contributed by atoms with Gasteiger partial charge in [-0.25, -0.2) is 18.2 Å². The third-order valence-electron chi connectivity index (χ3n) is 1.87. The van der Waals surface area contributed by atoms with Crippen molar-refractivity contribution < 1.29 is 13.2 Å². The SMILES string of the molecule is Fc1ccc(Sc2ncc(Br)cc2F)c(F)c1. The first-order valence-electron chi connectivity index (χ1n) is 4.50. The average molecular weight is 320 g/mol. The second-order valence-corrected chi connectivity index (χ2v) is 5.06. The normalized spacial score (nSPS) is 10.6. The third-order valence-corrected chi connectivity index (χ3v) is 3.35. The highest BCUT2D eigenvalue weighted by Gasteiger charge is 2.10. The van der Waals surface area contributed by atoms with Crippen molar-refractivity contribution in [3.05, 3.63) is 52.4 Å². The zero-order chi connectivity index (χ0) is 12.4. The molecule has 0 aliphatic rings. The maximum absolute atomic E-state index is 13.4. The summed E-state index contributed by atoms with van der Waals surface area (Å²) < 4.78 is 39.9. The smallest absolute Gasteiger partial charge is 0.156 e. The second kappa shape index (κ2) is 5.10. The van der Waals surface area contributed by atoms with Crippen molar-refractivity contribution in [2.75, 3.05) is 0 Å². The molecule has 17 heavy (non-hydrogen) atoms. The first kappa shape index (κ1) is 12.4. The molecular weight excluding hydrogens is 315 g/mol. The number of hydrogen-bond acceptors (Lipinski definition) is 2. The second-order valence-electron chi connectivity index (χ2n) is 3.12. The lowest BCUT2D eigenvalue weighted by molar-refractivity contribution is 0.564.